The van der Waals surface area contributed by atoms with Gasteiger partial charge in [-0.25, -0.2) is 4.39 Å². The Bertz CT molecular complexity index is 580. The van der Waals surface area contributed by atoms with E-state index in [9.17, 15) is 9.18 Å². The average Bonchev–Trinajstić information content (AvgIpc) is 2.72. The summed E-state index contributed by atoms with van der Waals surface area (Å²) in [6, 6.07) is 7.77. The quantitative estimate of drug-likeness (QED) is 0.776. The number of rotatable bonds is 4. The zero-order chi connectivity index (χ0) is 13.1. The molecule has 1 aromatic carbocycles. The first-order valence-electron chi connectivity index (χ1n) is 5.24. The summed E-state index contributed by atoms with van der Waals surface area (Å²) in [5, 5.41) is 0. The topological polar surface area (TPSA) is 26.3 Å². The van der Waals surface area contributed by atoms with Crippen molar-refractivity contribution >= 4 is 33.0 Å². The fourth-order valence-corrected chi connectivity index (χ4v) is 2.88. The predicted octanol–water partition coefficient (Wildman–Crippen LogP) is 4.43. The molecule has 0 aliphatic heterocycles. The first kappa shape index (κ1) is 13.2. The van der Waals surface area contributed by atoms with Crippen molar-refractivity contribution in [3.63, 3.8) is 0 Å². The van der Waals surface area contributed by atoms with Crippen LogP contribution < -0.4 is 4.74 Å². The molecule has 2 nitrogen and oxygen atoms in total. The lowest BCUT2D eigenvalue weighted by Gasteiger charge is -2.08. The second kappa shape index (κ2) is 5.63. The van der Waals surface area contributed by atoms with Crippen LogP contribution in [0.4, 0.5) is 4.39 Å². The first-order chi connectivity index (χ1) is 8.56. The molecule has 0 fully saturated rings. The highest BCUT2D eigenvalue weighted by Crippen LogP contribution is 2.25. The molecule has 0 radical (unpaired) electrons. The van der Waals surface area contributed by atoms with Crippen LogP contribution in [-0.2, 0) is 6.61 Å². The Morgan fingerprint density at radius 1 is 1.39 bits per heavy atom. The zero-order valence-electron chi connectivity index (χ0n) is 9.57. The van der Waals surface area contributed by atoms with E-state index in [1.54, 1.807) is 0 Å². The maximum Gasteiger partial charge on any atom is 0.163 e. The van der Waals surface area contributed by atoms with Crippen LogP contribution in [0.2, 0.25) is 0 Å². The fraction of sp³-hybridized carbons (Fsp3) is 0.154. The third-order valence-corrected chi connectivity index (χ3v) is 3.92. The van der Waals surface area contributed by atoms with Crippen molar-refractivity contribution in [1.29, 1.82) is 0 Å². The summed E-state index contributed by atoms with van der Waals surface area (Å²) >= 11 is 4.89. The van der Waals surface area contributed by atoms with Crippen LogP contribution in [0.15, 0.2) is 34.1 Å². The molecule has 1 aromatic heterocycles. The van der Waals surface area contributed by atoms with Gasteiger partial charge in [0.1, 0.15) is 18.2 Å². The number of thiophene rings is 1. The van der Waals surface area contributed by atoms with Crippen LogP contribution in [0.25, 0.3) is 0 Å². The summed E-state index contributed by atoms with van der Waals surface area (Å²) in [6.07, 6.45) is 0. The molecule has 0 amide bonds. The third kappa shape index (κ3) is 3.17. The Labute approximate surface area is 117 Å². The fourth-order valence-electron chi connectivity index (χ4n) is 1.48. The van der Waals surface area contributed by atoms with Crippen molar-refractivity contribution in [3.8, 4) is 5.75 Å². The van der Waals surface area contributed by atoms with Gasteiger partial charge in [-0.15, -0.1) is 11.3 Å². The highest BCUT2D eigenvalue weighted by molar-refractivity contribution is 9.11. The van der Waals surface area contributed by atoms with Gasteiger partial charge in [0.25, 0.3) is 0 Å². The lowest BCUT2D eigenvalue weighted by molar-refractivity contribution is 0.101. The summed E-state index contributed by atoms with van der Waals surface area (Å²) in [7, 11) is 0. The molecule has 0 saturated carbocycles. The number of ether oxygens (including phenoxy) is 1. The van der Waals surface area contributed by atoms with Crippen molar-refractivity contribution in [2.24, 2.45) is 0 Å². The van der Waals surface area contributed by atoms with Gasteiger partial charge in [0.2, 0.25) is 0 Å². The highest BCUT2D eigenvalue weighted by atomic mass is 79.9. The van der Waals surface area contributed by atoms with E-state index in [0.717, 1.165) is 8.66 Å². The molecule has 0 unspecified atom stereocenters. The molecule has 94 valence electrons. The van der Waals surface area contributed by atoms with Gasteiger partial charge in [0.15, 0.2) is 5.78 Å². The van der Waals surface area contributed by atoms with Crippen LogP contribution in [0.1, 0.15) is 22.2 Å². The summed E-state index contributed by atoms with van der Waals surface area (Å²) in [5.41, 5.74) is 0.395. The van der Waals surface area contributed by atoms with Crippen LogP contribution in [-0.4, -0.2) is 5.78 Å². The van der Waals surface area contributed by atoms with Gasteiger partial charge in [-0.2, -0.15) is 0 Å². The molecule has 0 atom stereocenters. The maximum absolute atomic E-state index is 13.1. The summed E-state index contributed by atoms with van der Waals surface area (Å²) in [6.45, 7) is 1.75. The number of Topliss-reactive ketones (excluding diaryl/α,β-unsaturated/α-hetero) is 1. The van der Waals surface area contributed by atoms with E-state index in [-0.39, 0.29) is 11.5 Å². The predicted molar refractivity (Wildman–Crippen MR) is 72.8 cm³/mol. The van der Waals surface area contributed by atoms with Gasteiger partial charge >= 0.3 is 0 Å². The third-order valence-electron chi connectivity index (χ3n) is 2.32. The molecule has 0 aliphatic carbocycles. The van der Waals surface area contributed by atoms with Crippen molar-refractivity contribution < 1.29 is 13.9 Å². The normalized spacial score (nSPS) is 10.4. The summed E-state index contributed by atoms with van der Waals surface area (Å²) in [5.74, 6) is -0.272. The van der Waals surface area contributed by atoms with E-state index < -0.39 is 5.82 Å². The van der Waals surface area contributed by atoms with Gasteiger partial charge in [-0.1, -0.05) is 0 Å². The van der Waals surface area contributed by atoms with Gasteiger partial charge in [-0.05, 0) is 47.1 Å². The minimum absolute atomic E-state index is 0.141. The van der Waals surface area contributed by atoms with Crippen molar-refractivity contribution in [2.75, 3.05) is 0 Å². The summed E-state index contributed by atoms with van der Waals surface area (Å²) in [4.78, 5) is 12.4. The summed E-state index contributed by atoms with van der Waals surface area (Å²) < 4.78 is 19.7. The van der Waals surface area contributed by atoms with E-state index in [4.69, 9.17) is 4.74 Å². The molecular formula is C13H10BrFO2S. The molecule has 2 rings (SSSR count). The molecular weight excluding hydrogens is 319 g/mol. The molecule has 0 saturated heterocycles. The van der Waals surface area contributed by atoms with Crippen LogP contribution in [0, 0.1) is 5.82 Å². The maximum atomic E-state index is 13.1. The van der Waals surface area contributed by atoms with E-state index in [1.807, 2.05) is 12.1 Å². The number of halogens is 2. The largest absolute Gasteiger partial charge is 0.487 e. The minimum atomic E-state index is -0.414. The van der Waals surface area contributed by atoms with E-state index >= 15 is 0 Å². The van der Waals surface area contributed by atoms with E-state index in [2.05, 4.69) is 15.9 Å². The van der Waals surface area contributed by atoms with Gasteiger partial charge in [0.05, 0.1) is 9.35 Å². The minimum Gasteiger partial charge on any atom is -0.487 e. The molecule has 0 aliphatic rings. The molecule has 2 aromatic rings. The highest BCUT2D eigenvalue weighted by Gasteiger charge is 2.10. The molecule has 0 spiro atoms. The number of carbonyl (C=O) groups excluding carboxylic acids is 1. The second-order valence-electron chi connectivity index (χ2n) is 3.69. The van der Waals surface area contributed by atoms with Crippen molar-refractivity contribution in [2.45, 2.75) is 13.5 Å². The van der Waals surface area contributed by atoms with E-state index in [0.29, 0.717) is 12.2 Å². The monoisotopic (exact) mass is 328 g/mol. The Morgan fingerprint density at radius 2 is 2.17 bits per heavy atom. The molecule has 18 heavy (non-hydrogen) atoms. The molecule has 0 bridgehead atoms. The van der Waals surface area contributed by atoms with Crippen LogP contribution in [0.3, 0.4) is 0 Å². The van der Waals surface area contributed by atoms with E-state index in [1.165, 1.54) is 36.5 Å². The first-order valence-corrected chi connectivity index (χ1v) is 6.84. The van der Waals surface area contributed by atoms with Gasteiger partial charge in [0, 0.05) is 10.9 Å². The van der Waals surface area contributed by atoms with Crippen LogP contribution in [0.5, 0.6) is 5.75 Å². The Hall–Kier alpha value is -1.20. The van der Waals surface area contributed by atoms with Crippen molar-refractivity contribution in [1.82, 2.24) is 0 Å². The molecule has 5 heteroatoms. The SMILES string of the molecule is CC(=O)c1ccc(F)cc1OCc1ccc(Br)s1. The Balaban J connectivity index is 2.17. The lowest BCUT2D eigenvalue weighted by atomic mass is 10.1. The Kier molecular flexibility index (Phi) is 4.14. The Morgan fingerprint density at radius 3 is 2.78 bits per heavy atom. The smallest absolute Gasteiger partial charge is 0.163 e. The second-order valence-corrected chi connectivity index (χ2v) is 6.24. The standard InChI is InChI=1S/C13H10BrFO2S/c1-8(16)11-4-2-9(15)6-12(11)17-7-10-3-5-13(14)18-10/h2-6H,7H2,1H3. The molecule has 0 N–H and O–H groups in total. The average molecular weight is 329 g/mol. The van der Waals surface area contributed by atoms with Crippen molar-refractivity contribution in [3.05, 3.63) is 50.4 Å². The zero-order valence-corrected chi connectivity index (χ0v) is 12.0. The lowest BCUT2D eigenvalue weighted by Crippen LogP contribution is -2.01. The number of hydrogen-bond donors (Lipinski definition) is 0. The van der Waals surface area contributed by atoms with Gasteiger partial charge < -0.3 is 4.74 Å². The number of carbonyl (C=O) groups is 1. The number of hydrogen-bond acceptors (Lipinski definition) is 3. The van der Waals surface area contributed by atoms with Gasteiger partial charge in [-0.3, -0.25) is 4.79 Å². The number of benzene rings is 1. The van der Waals surface area contributed by atoms with Crippen LogP contribution >= 0.6 is 27.3 Å². The molecule has 1 heterocycles. The number of ketones is 1.